The zero-order valence-corrected chi connectivity index (χ0v) is 16.4. The fraction of sp³-hybridized carbons (Fsp3) is 0.125. The topological polar surface area (TPSA) is 64.3 Å². The van der Waals surface area contributed by atoms with E-state index in [4.69, 9.17) is 22.1 Å². The summed E-state index contributed by atoms with van der Waals surface area (Å²) in [5.74, 6) is 5.81. The van der Waals surface area contributed by atoms with Gasteiger partial charge in [-0.1, -0.05) is 72.0 Å². The van der Waals surface area contributed by atoms with Crippen LogP contribution in [-0.4, -0.2) is 19.2 Å². The van der Waals surface area contributed by atoms with E-state index in [1.807, 2.05) is 24.3 Å². The molecule has 0 heterocycles. The van der Waals surface area contributed by atoms with Gasteiger partial charge in [0.25, 0.3) is 0 Å². The number of anilines is 1. The summed E-state index contributed by atoms with van der Waals surface area (Å²) in [6.07, 6.45) is -0.496. The largest absolute Gasteiger partial charge is 0.449 e. The second-order valence-corrected chi connectivity index (χ2v) is 7.13. The van der Waals surface area contributed by atoms with Crippen molar-refractivity contribution in [3.63, 3.8) is 0 Å². The van der Waals surface area contributed by atoms with Gasteiger partial charge in [-0.15, -0.1) is 0 Å². The molecule has 29 heavy (non-hydrogen) atoms. The smallest absolute Gasteiger partial charge is 0.407 e. The van der Waals surface area contributed by atoms with E-state index in [1.165, 1.54) is 22.3 Å². The van der Waals surface area contributed by atoms with E-state index < -0.39 is 6.09 Å². The van der Waals surface area contributed by atoms with E-state index in [9.17, 15) is 4.79 Å². The highest BCUT2D eigenvalue weighted by atomic mass is 35.5. The monoisotopic (exact) mass is 402 g/mol. The number of ether oxygens (including phenoxy) is 1. The lowest BCUT2D eigenvalue weighted by Crippen LogP contribution is -2.26. The maximum Gasteiger partial charge on any atom is 0.407 e. The van der Waals surface area contributed by atoms with E-state index in [2.05, 4.69) is 41.4 Å². The second kappa shape index (κ2) is 8.30. The number of halogens is 1. The van der Waals surface area contributed by atoms with Gasteiger partial charge >= 0.3 is 6.09 Å². The molecule has 1 amide bonds. The van der Waals surface area contributed by atoms with Gasteiger partial charge in [-0.2, -0.15) is 0 Å². The number of amides is 1. The molecular formula is C24H19ClN2O2. The van der Waals surface area contributed by atoms with Crippen LogP contribution >= 0.6 is 11.6 Å². The highest BCUT2D eigenvalue weighted by molar-refractivity contribution is 6.32. The predicted octanol–water partition coefficient (Wildman–Crippen LogP) is 4.81. The molecule has 0 radical (unpaired) electrons. The quantitative estimate of drug-likeness (QED) is 0.488. The molecule has 0 fully saturated rings. The predicted molar refractivity (Wildman–Crippen MR) is 116 cm³/mol. The first-order valence-electron chi connectivity index (χ1n) is 9.26. The van der Waals surface area contributed by atoms with E-state index in [-0.39, 0.29) is 19.1 Å². The van der Waals surface area contributed by atoms with Crippen molar-refractivity contribution in [1.29, 1.82) is 0 Å². The zero-order valence-electron chi connectivity index (χ0n) is 15.6. The number of nitrogen functional groups attached to an aromatic ring is 1. The van der Waals surface area contributed by atoms with E-state index in [1.54, 1.807) is 18.2 Å². The molecule has 0 unspecified atom stereocenters. The van der Waals surface area contributed by atoms with Crippen LogP contribution in [0.2, 0.25) is 5.02 Å². The van der Waals surface area contributed by atoms with Crippen LogP contribution in [0.1, 0.15) is 22.6 Å². The first-order valence-corrected chi connectivity index (χ1v) is 9.64. The van der Waals surface area contributed by atoms with Gasteiger partial charge < -0.3 is 15.8 Å². The van der Waals surface area contributed by atoms with Crippen LogP contribution in [0.4, 0.5) is 10.5 Å². The van der Waals surface area contributed by atoms with Crippen LogP contribution in [-0.2, 0) is 4.74 Å². The lowest BCUT2D eigenvalue weighted by molar-refractivity contribution is 0.144. The van der Waals surface area contributed by atoms with Crippen molar-refractivity contribution in [2.45, 2.75) is 5.92 Å². The number of carbonyl (C=O) groups excluding carboxylic acids is 1. The molecule has 3 N–H and O–H groups in total. The Morgan fingerprint density at radius 2 is 1.69 bits per heavy atom. The Kier molecular flexibility index (Phi) is 5.41. The molecule has 0 saturated heterocycles. The van der Waals surface area contributed by atoms with Crippen LogP contribution in [0.3, 0.4) is 0 Å². The number of nitrogens with one attached hydrogen (secondary N) is 1. The molecule has 0 spiro atoms. The van der Waals surface area contributed by atoms with E-state index in [0.717, 1.165) is 0 Å². The number of rotatable bonds is 3. The number of fused-ring (bicyclic) bond motifs is 3. The average molecular weight is 403 g/mol. The number of hydrogen-bond donors (Lipinski definition) is 2. The summed E-state index contributed by atoms with van der Waals surface area (Å²) in [5, 5.41) is 3.14. The Bertz CT molecular complexity index is 1090. The molecule has 3 aromatic carbocycles. The third-order valence-corrected chi connectivity index (χ3v) is 5.19. The molecule has 5 heteroatoms. The highest BCUT2D eigenvalue weighted by Gasteiger charge is 2.28. The lowest BCUT2D eigenvalue weighted by atomic mass is 9.98. The summed E-state index contributed by atoms with van der Waals surface area (Å²) in [5.41, 5.74) is 11.7. The van der Waals surface area contributed by atoms with Crippen LogP contribution in [0.15, 0.2) is 66.7 Å². The fourth-order valence-corrected chi connectivity index (χ4v) is 3.77. The number of nitrogens with two attached hydrogens (primary N) is 1. The van der Waals surface area contributed by atoms with Gasteiger partial charge in [0.05, 0.1) is 11.6 Å². The maximum atomic E-state index is 12.1. The minimum Gasteiger partial charge on any atom is -0.449 e. The molecule has 3 aromatic rings. The van der Waals surface area contributed by atoms with Gasteiger partial charge in [0.15, 0.2) is 0 Å². The summed E-state index contributed by atoms with van der Waals surface area (Å²) in [4.78, 5) is 12.1. The summed E-state index contributed by atoms with van der Waals surface area (Å²) in [6.45, 7) is 0.439. The first kappa shape index (κ1) is 18.9. The number of hydrogen-bond acceptors (Lipinski definition) is 3. The van der Waals surface area contributed by atoms with Gasteiger partial charge in [0.2, 0.25) is 0 Å². The molecule has 4 rings (SSSR count). The minimum atomic E-state index is -0.496. The Morgan fingerprint density at radius 3 is 2.34 bits per heavy atom. The summed E-state index contributed by atoms with van der Waals surface area (Å²) < 4.78 is 5.47. The number of alkyl carbamates (subject to hydrolysis) is 1. The van der Waals surface area contributed by atoms with Crippen molar-refractivity contribution in [3.8, 4) is 23.0 Å². The lowest BCUT2D eigenvalue weighted by Gasteiger charge is -2.14. The molecule has 1 aliphatic carbocycles. The van der Waals surface area contributed by atoms with E-state index >= 15 is 0 Å². The third-order valence-electron chi connectivity index (χ3n) is 4.88. The molecule has 0 aliphatic heterocycles. The fourth-order valence-electron chi connectivity index (χ4n) is 3.54. The Hall–Kier alpha value is -3.42. The molecule has 1 aliphatic rings. The molecule has 144 valence electrons. The molecule has 0 saturated carbocycles. The maximum absolute atomic E-state index is 12.1. The Labute approximate surface area is 174 Å². The number of benzene rings is 3. The first-order chi connectivity index (χ1) is 14.1. The van der Waals surface area contributed by atoms with Gasteiger partial charge in [-0.25, -0.2) is 4.79 Å². The van der Waals surface area contributed by atoms with E-state index in [0.29, 0.717) is 16.3 Å². The van der Waals surface area contributed by atoms with Crippen LogP contribution in [0.25, 0.3) is 11.1 Å². The molecule has 0 bridgehead atoms. The normalized spacial score (nSPS) is 11.8. The second-order valence-electron chi connectivity index (χ2n) is 6.72. The van der Waals surface area contributed by atoms with Gasteiger partial charge in [0, 0.05) is 17.2 Å². The van der Waals surface area contributed by atoms with Crippen molar-refractivity contribution in [2.75, 3.05) is 18.9 Å². The summed E-state index contributed by atoms with van der Waals surface area (Å²) in [7, 11) is 0. The molecule has 0 aromatic heterocycles. The SMILES string of the molecule is Nc1ccc(C#CCNC(=O)OCC2c3ccccc3-c3ccccc32)c(Cl)c1. The molecule has 4 nitrogen and oxygen atoms in total. The van der Waals surface area contributed by atoms with Gasteiger partial charge in [-0.05, 0) is 40.5 Å². The highest BCUT2D eigenvalue weighted by Crippen LogP contribution is 2.44. The standard InChI is InChI=1S/C24H19ClN2O2/c25-23-14-17(26)12-11-16(23)6-5-13-27-24(28)29-15-22-20-9-3-1-7-18(20)19-8-2-4-10-21(19)22/h1-4,7-12,14,22H,13,15,26H2,(H,27,28). The Balaban J connectivity index is 1.35. The molecular weight excluding hydrogens is 384 g/mol. The van der Waals surface area contributed by atoms with Crippen molar-refractivity contribution in [2.24, 2.45) is 0 Å². The van der Waals surface area contributed by atoms with Crippen molar-refractivity contribution in [1.82, 2.24) is 5.32 Å². The number of carbonyl (C=O) groups is 1. The van der Waals surface area contributed by atoms with Crippen LogP contribution in [0, 0.1) is 11.8 Å². The average Bonchev–Trinajstić information content (AvgIpc) is 3.05. The summed E-state index contributed by atoms with van der Waals surface area (Å²) in [6, 6.07) is 21.6. The third kappa shape index (κ3) is 4.06. The minimum absolute atomic E-state index is 0.0350. The zero-order chi connectivity index (χ0) is 20.2. The van der Waals surface area contributed by atoms with Crippen molar-refractivity contribution in [3.05, 3.63) is 88.4 Å². The molecule has 0 atom stereocenters. The Morgan fingerprint density at radius 1 is 1.03 bits per heavy atom. The van der Waals surface area contributed by atoms with Crippen molar-refractivity contribution < 1.29 is 9.53 Å². The summed E-state index contributed by atoms with van der Waals surface area (Å²) >= 11 is 6.08. The van der Waals surface area contributed by atoms with Gasteiger partial charge in [0.1, 0.15) is 6.61 Å². The van der Waals surface area contributed by atoms with Crippen LogP contribution < -0.4 is 11.1 Å². The van der Waals surface area contributed by atoms with Crippen LogP contribution in [0.5, 0.6) is 0 Å². The van der Waals surface area contributed by atoms with Crippen molar-refractivity contribution >= 4 is 23.4 Å². The van der Waals surface area contributed by atoms with Gasteiger partial charge in [-0.3, -0.25) is 0 Å².